The van der Waals surface area contributed by atoms with Crippen molar-refractivity contribution in [1.29, 1.82) is 0 Å². The summed E-state index contributed by atoms with van der Waals surface area (Å²) in [4.78, 5) is 0. The monoisotopic (exact) mass is 1030 g/mol. The van der Waals surface area contributed by atoms with Gasteiger partial charge in [0.1, 0.15) is 31.8 Å². The molecule has 0 spiro atoms. The van der Waals surface area contributed by atoms with Gasteiger partial charge in [0.2, 0.25) is 0 Å². The van der Waals surface area contributed by atoms with Crippen molar-refractivity contribution in [3.05, 3.63) is 279 Å². The Morgan fingerprint density at radius 2 is 0.423 bits per heavy atom. The molecule has 0 atom stereocenters. The van der Waals surface area contributed by atoms with E-state index >= 15 is 0 Å². The average molecular weight is 1030 g/mol. The van der Waals surface area contributed by atoms with Crippen LogP contribution in [0.4, 0.5) is 0 Å². The molecule has 0 aliphatic rings. The Hall–Kier alpha value is -8.31. The van der Waals surface area contributed by atoms with Gasteiger partial charge < -0.3 is 38.5 Å². The van der Waals surface area contributed by atoms with Crippen LogP contribution in [0, 0.1) is 0 Å². The number of oxime groups is 4. The summed E-state index contributed by atoms with van der Waals surface area (Å²) in [6.45, 7) is 0. The molecule has 12 nitrogen and oxygen atoms in total. The molecule has 0 amide bonds. The summed E-state index contributed by atoms with van der Waals surface area (Å²) in [6.07, 6.45) is 5.66. The third kappa shape index (κ3) is 14.4. The molecule has 4 aromatic heterocycles. The molecule has 15 heteroatoms. The Bertz CT molecular complexity index is 2610. The first kappa shape index (κ1) is 52.1. The van der Waals surface area contributed by atoms with E-state index in [0.717, 1.165) is 0 Å². The van der Waals surface area contributed by atoms with Crippen molar-refractivity contribution >= 4 is 70.5 Å². The van der Waals surface area contributed by atoms with Gasteiger partial charge in [0.25, 0.3) is 0 Å². The van der Waals surface area contributed by atoms with Crippen molar-refractivity contribution in [2.24, 2.45) is 20.6 Å². The van der Waals surface area contributed by atoms with Crippen molar-refractivity contribution in [2.45, 2.75) is 0 Å². The van der Waals surface area contributed by atoms with Gasteiger partial charge in [0.15, 0.2) is 45.9 Å². The molecule has 0 saturated carbocycles. The summed E-state index contributed by atoms with van der Waals surface area (Å²) in [6, 6.07) is 77.8. The zero-order valence-corrected chi connectivity index (χ0v) is 40.8. The van der Waals surface area contributed by atoms with E-state index in [1.807, 2.05) is 0 Å². The Balaban J connectivity index is 0.000000155. The van der Waals surface area contributed by atoms with Gasteiger partial charge in [-0.3, -0.25) is 0 Å². The van der Waals surface area contributed by atoms with Crippen LogP contribution >= 0.6 is 15.8 Å². The molecule has 10 rings (SSSR count). The average Bonchev–Trinajstić information content (AvgIpc) is 4.31. The molecule has 6 aromatic carbocycles. The van der Waals surface area contributed by atoms with Gasteiger partial charge in [-0.2, -0.15) is 0 Å². The first-order valence-corrected chi connectivity index (χ1v) is 24.7. The van der Waals surface area contributed by atoms with Crippen LogP contribution in [0.25, 0.3) is 0 Å². The van der Waals surface area contributed by atoms with Gasteiger partial charge >= 0.3 is 0 Å². The molecule has 357 valence electrons. The van der Waals surface area contributed by atoms with E-state index in [1.54, 1.807) is 48.5 Å². The van der Waals surface area contributed by atoms with Crippen molar-refractivity contribution in [1.82, 2.24) is 0 Å². The number of hydrogen-bond acceptors (Lipinski definition) is 12. The first-order chi connectivity index (χ1) is 34.6. The zero-order chi connectivity index (χ0) is 48.6. The molecule has 0 fully saturated rings. The van der Waals surface area contributed by atoms with Crippen LogP contribution in [0.1, 0.15) is 23.0 Å². The van der Waals surface area contributed by atoms with Crippen LogP contribution < -0.4 is 31.8 Å². The third-order valence-corrected chi connectivity index (χ3v) is 15.7. The van der Waals surface area contributed by atoms with E-state index in [0.29, 0.717) is 0 Å². The van der Waals surface area contributed by atoms with Crippen LogP contribution in [0.3, 0.4) is 0 Å². The molecule has 4 N–H and O–H groups in total. The van der Waals surface area contributed by atoms with Crippen LogP contribution in [0.15, 0.2) is 294 Å². The molecule has 71 heavy (non-hydrogen) atoms. The Morgan fingerprint density at radius 3 is 0.549 bits per heavy atom. The Morgan fingerprint density at radius 1 is 0.254 bits per heavy atom. The topological polar surface area (TPSA) is 183 Å². The maximum atomic E-state index is 8.89. The minimum absolute atomic E-state index is 0. The van der Waals surface area contributed by atoms with Gasteiger partial charge in [0.05, 0.1) is 40.9 Å². The number of rotatable bonds is 12. The predicted octanol–water partition coefficient (Wildman–Crippen LogP) is 10.2. The van der Waals surface area contributed by atoms with Crippen LogP contribution in [-0.4, -0.2) is 43.7 Å². The largest absolute Gasteiger partial charge is 0.463 e. The third-order valence-electron chi connectivity index (χ3n) is 10.2. The fourth-order valence-corrected chi connectivity index (χ4v) is 12.3. The smallest absolute Gasteiger partial charge is 0.177 e. The standard InChI is InChI=1S/2C18H15P.2C10H8N2O4.Co/c2*1-4-10-16(11-5-1)19(17-12-6-2-7-13-17)18-14-8-3-9-15-18;2*13-11-9(7-3-1-5-15-7)10(12-14)8-4-2-6-16-8;/h2*1-15H;2*1-6,13-14H;/p+2/b;;2*11-9-,12-10+;. The van der Waals surface area contributed by atoms with Gasteiger partial charge in [-0.25, -0.2) is 0 Å². The first-order valence-electron chi connectivity index (χ1n) is 21.7. The number of hydrogen-bond donors (Lipinski definition) is 4. The normalized spacial score (nSPS) is 11.5. The fourth-order valence-electron chi connectivity index (χ4n) is 7.14. The summed E-state index contributed by atoms with van der Waals surface area (Å²) in [5.74, 6) is 1.08. The van der Waals surface area contributed by atoms with Crippen molar-refractivity contribution < 1.29 is 55.3 Å². The van der Waals surface area contributed by atoms with Crippen LogP contribution in [0.5, 0.6) is 0 Å². The maximum absolute atomic E-state index is 8.89. The Labute approximate surface area is 422 Å². The summed E-state index contributed by atoms with van der Waals surface area (Å²) in [5.41, 5.74) is -0.0465. The molecular formula is C56H48CoN4O8P2+2. The summed E-state index contributed by atoms with van der Waals surface area (Å²) in [5, 5.41) is 56.3. The number of nitrogens with zero attached hydrogens (tertiary/aromatic N) is 4. The van der Waals surface area contributed by atoms with Crippen molar-refractivity contribution in [3.63, 3.8) is 0 Å². The second kappa shape index (κ2) is 28.2. The van der Waals surface area contributed by atoms with E-state index in [1.165, 1.54) is 56.9 Å². The van der Waals surface area contributed by atoms with Crippen LogP contribution in [-0.2, 0) is 16.8 Å². The molecule has 10 aromatic rings. The molecular weight excluding hydrogens is 978 g/mol. The van der Waals surface area contributed by atoms with Gasteiger partial charge in [0, 0.05) is 16.8 Å². The van der Waals surface area contributed by atoms with Crippen molar-refractivity contribution in [2.75, 3.05) is 0 Å². The second-order valence-electron chi connectivity index (χ2n) is 14.6. The van der Waals surface area contributed by atoms with Gasteiger partial charge in [-0.15, -0.1) is 0 Å². The molecule has 0 aliphatic carbocycles. The van der Waals surface area contributed by atoms with Gasteiger partial charge in [-0.1, -0.05) is 130 Å². The van der Waals surface area contributed by atoms with E-state index < -0.39 is 15.8 Å². The van der Waals surface area contributed by atoms with E-state index in [9.17, 15) is 0 Å². The SMILES string of the molecule is O/N=C(/C(=N\O)c1ccco1)c1ccco1.O/N=C(/C(=N\O)c1ccco1)c1ccco1.[Co].c1ccc([PH+](c2ccccc2)c2ccccc2)cc1.c1ccc([PH+](c2ccccc2)c2ccccc2)cc1. The van der Waals surface area contributed by atoms with E-state index in [4.69, 9.17) is 38.5 Å². The molecule has 1 radical (unpaired) electrons. The summed E-state index contributed by atoms with van der Waals surface area (Å²) in [7, 11) is -1.75. The Kier molecular flexibility index (Phi) is 20.7. The summed E-state index contributed by atoms with van der Waals surface area (Å²) < 4.78 is 20.2. The minimum atomic E-state index is -0.877. The maximum Gasteiger partial charge on any atom is 0.177 e. The quantitative estimate of drug-likeness (QED) is 0.0404. The molecule has 0 aliphatic heterocycles. The van der Waals surface area contributed by atoms with Crippen molar-refractivity contribution in [3.8, 4) is 0 Å². The number of benzene rings is 6. The molecule has 4 heterocycles. The predicted molar refractivity (Wildman–Crippen MR) is 281 cm³/mol. The van der Waals surface area contributed by atoms with E-state index in [2.05, 4.69) is 203 Å². The van der Waals surface area contributed by atoms with Gasteiger partial charge in [-0.05, 0) is 121 Å². The fraction of sp³-hybridized carbons (Fsp3) is 0. The summed E-state index contributed by atoms with van der Waals surface area (Å²) >= 11 is 0. The molecule has 0 unspecified atom stereocenters. The molecule has 0 saturated heterocycles. The second-order valence-corrected chi connectivity index (χ2v) is 19.6. The van der Waals surface area contributed by atoms with E-state index in [-0.39, 0.29) is 62.7 Å². The number of furan rings is 4. The van der Waals surface area contributed by atoms with Crippen LogP contribution in [0.2, 0.25) is 0 Å². The zero-order valence-electron chi connectivity index (χ0n) is 37.8. The molecule has 0 bridgehead atoms. The minimum Gasteiger partial charge on any atom is -0.463 e.